The van der Waals surface area contributed by atoms with Gasteiger partial charge < -0.3 is 14.8 Å². The fourth-order valence-corrected chi connectivity index (χ4v) is 2.92. The molecular formula is C25H27NO3. The van der Waals surface area contributed by atoms with Crippen LogP contribution in [0.3, 0.4) is 0 Å². The average Bonchev–Trinajstić information content (AvgIpc) is 2.73. The molecule has 0 heterocycles. The lowest BCUT2D eigenvalue weighted by atomic mass is 10.1. The van der Waals surface area contributed by atoms with Crippen LogP contribution >= 0.6 is 0 Å². The van der Waals surface area contributed by atoms with E-state index in [2.05, 4.69) is 17.4 Å². The number of nitrogens with one attached hydrogen (secondary N) is 1. The maximum Gasteiger partial charge on any atom is 0.262 e. The fraction of sp³-hybridized carbons (Fsp3) is 0.240. The molecule has 29 heavy (non-hydrogen) atoms. The molecular weight excluding hydrogens is 362 g/mol. The van der Waals surface area contributed by atoms with E-state index in [-0.39, 0.29) is 12.5 Å². The number of hydrogen-bond acceptors (Lipinski definition) is 3. The summed E-state index contributed by atoms with van der Waals surface area (Å²) in [5, 5.41) is 2.85. The fourth-order valence-electron chi connectivity index (χ4n) is 2.92. The first-order valence-corrected chi connectivity index (χ1v) is 9.87. The van der Waals surface area contributed by atoms with Gasteiger partial charge in [0.15, 0.2) is 6.61 Å². The van der Waals surface area contributed by atoms with Gasteiger partial charge >= 0.3 is 0 Å². The van der Waals surface area contributed by atoms with Gasteiger partial charge in [-0.3, -0.25) is 4.79 Å². The standard InChI is InChI=1S/C25H27NO3/c1-19-13-14-24(16-20(19)2)29-18-25(27)26-22-11-6-12-23(17-22)28-15-7-10-21-8-4-3-5-9-21/h3-6,8-9,11-14,16-17H,7,10,15,18H2,1-2H3,(H,26,27). The van der Waals surface area contributed by atoms with Crippen molar-refractivity contribution in [2.75, 3.05) is 18.5 Å². The highest BCUT2D eigenvalue weighted by atomic mass is 16.5. The van der Waals surface area contributed by atoms with Gasteiger partial charge in [-0.2, -0.15) is 0 Å². The average molecular weight is 389 g/mol. The van der Waals surface area contributed by atoms with Gasteiger partial charge in [0, 0.05) is 11.8 Å². The topological polar surface area (TPSA) is 47.6 Å². The van der Waals surface area contributed by atoms with Crippen LogP contribution in [-0.2, 0) is 11.2 Å². The number of aryl methyl sites for hydroxylation is 3. The lowest BCUT2D eigenvalue weighted by Crippen LogP contribution is -2.20. The molecule has 0 saturated heterocycles. The Kier molecular flexibility index (Phi) is 7.28. The van der Waals surface area contributed by atoms with Crippen LogP contribution < -0.4 is 14.8 Å². The monoisotopic (exact) mass is 389 g/mol. The Morgan fingerprint density at radius 3 is 2.41 bits per heavy atom. The van der Waals surface area contributed by atoms with Crippen LogP contribution in [0.15, 0.2) is 72.8 Å². The van der Waals surface area contributed by atoms with Crippen molar-refractivity contribution in [3.05, 3.63) is 89.5 Å². The summed E-state index contributed by atoms with van der Waals surface area (Å²) in [6.07, 6.45) is 1.91. The van der Waals surface area contributed by atoms with Crippen LogP contribution in [0.1, 0.15) is 23.1 Å². The molecule has 3 aromatic carbocycles. The molecule has 4 heteroatoms. The molecule has 0 aliphatic heterocycles. The highest BCUT2D eigenvalue weighted by Gasteiger charge is 2.06. The molecule has 1 N–H and O–H groups in total. The Hall–Kier alpha value is -3.27. The molecule has 1 amide bonds. The van der Waals surface area contributed by atoms with Gasteiger partial charge in [0.1, 0.15) is 11.5 Å². The van der Waals surface area contributed by atoms with Crippen molar-refractivity contribution in [2.24, 2.45) is 0 Å². The minimum atomic E-state index is -0.204. The van der Waals surface area contributed by atoms with Crippen LogP contribution in [0, 0.1) is 13.8 Å². The normalized spacial score (nSPS) is 10.4. The van der Waals surface area contributed by atoms with Crippen LogP contribution in [-0.4, -0.2) is 19.1 Å². The maximum atomic E-state index is 12.2. The number of ether oxygens (including phenoxy) is 2. The molecule has 0 bridgehead atoms. The number of carbonyl (C=O) groups is 1. The van der Waals surface area contributed by atoms with E-state index in [1.807, 2.05) is 74.5 Å². The number of amides is 1. The Balaban J connectivity index is 1.43. The van der Waals surface area contributed by atoms with Crippen molar-refractivity contribution in [2.45, 2.75) is 26.7 Å². The van der Waals surface area contributed by atoms with Crippen LogP contribution in [0.25, 0.3) is 0 Å². The van der Waals surface area contributed by atoms with E-state index >= 15 is 0 Å². The highest BCUT2D eigenvalue weighted by molar-refractivity contribution is 5.92. The van der Waals surface area contributed by atoms with Crippen LogP contribution in [0.5, 0.6) is 11.5 Å². The summed E-state index contributed by atoms with van der Waals surface area (Å²) in [4.78, 5) is 12.2. The highest BCUT2D eigenvalue weighted by Crippen LogP contribution is 2.19. The molecule has 0 radical (unpaired) electrons. The summed E-state index contributed by atoms with van der Waals surface area (Å²) in [6.45, 7) is 4.66. The molecule has 0 fully saturated rings. The van der Waals surface area contributed by atoms with E-state index in [9.17, 15) is 4.79 Å². The van der Waals surface area contributed by atoms with E-state index in [4.69, 9.17) is 9.47 Å². The summed E-state index contributed by atoms with van der Waals surface area (Å²) in [5.41, 5.74) is 4.34. The first-order chi connectivity index (χ1) is 14.1. The second-order valence-corrected chi connectivity index (χ2v) is 7.05. The SMILES string of the molecule is Cc1ccc(OCC(=O)Nc2cccc(OCCCc3ccccc3)c2)cc1C. The number of hydrogen-bond donors (Lipinski definition) is 1. The second kappa shape index (κ2) is 10.3. The zero-order chi connectivity index (χ0) is 20.5. The van der Waals surface area contributed by atoms with Crippen molar-refractivity contribution in [3.63, 3.8) is 0 Å². The molecule has 3 aromatic rings. The Bertz CT molecular complexity index is 938. The summed E-state index contributed by atoms with van der Waals surface area (Å²) < 4.78 is 11.4. The van der Waals surface area contributed by atoms with E-state index in [0.29, 0.717) is 18.0 Å². The third kappa shape index (κ3) is 6.68. The van der Waals surface area contributed by atoms with Crippen molar-refractivity contribution in [1.29, 1.82) is 0 Å². The molecule has 0 aliphatic carbocycles. The van der Waals surface area contributed by atoms with Crippen molar-refractivity contribution < 1.29 is 14.3 Å². The number of carbonyl (C=O) groups excluding carboxylic acids is 1. The van der Waals surface area contributed by atoms with Gasteiger partial charge in [0.2, 0.25) is 0 Å². The first kappa shape index (κ1) is 20.5. The van der Waals surface area contributed by atoms with Gasteiger partial charge in [0.25, 0.3) is 5.91 Å². The predicted molar refractivity (Wildman–Crippen MR) is 117 cm³/mol. The Morgan fingerprint density at radius 1 is 0.828 bits per heavy atom. The number of anilines is 1. The third-order valence-corrected chi connectivity index (χ3v) is 4.69. The molecule has 0 spiro atoms. The quantitative estimate of drug-likeness (QED) is 0.503. The Morgan fingerprint density at radius 2 is 1.62 bits per heavy atom. The van der Waals surface area contributed by atoms with Gasteiger partial charge in [-0.05, 0) is 67.6 Å². The minimum Gasteiger partial charge on any atom is -0.494 e. The molecule has 0 saturated carbocycles. The summed E-state index contributed by atoms with van der Waals surface area (Å²) in [5.74, 6) is 1.23. The van der Waals surface area contributed by atoms with Gasteiger partial charge in [0.05, 0.1) is 6.61 Å². The molecule has 0 aliphatic rings. The molecule has 0 unspecified atom stereocenters. The van der Waals surface area contributed by atoms with E-state index in [1.165, 1.54) is 11.1 Å². The largest absolute Gasteiger partial charge is 0.494 e. The third-order valence-electron chi connectivity index (χ3n) is 4.69. The lowest BCUT2D eigenvalue weighted by molar-refractivity contribution is -0.118. The van der Waals surface area contributed by atoms with E-state index in [1.54, 1.807) is 0 Å². The zero-order valence-electron chi connectivity index (χ0n) is 17.0. The second-order valence-electron chi connectivity index (χ2n) is 7.05. The number of rotatable bonds is 9. The van der Waals surface area contributed by atoms with Crippen molar-refractivity contribution in [3.8, 4) is 11.5 Å². The van der Waals surface area contributed by atoms with Crippen LogP contribution in [0.2, 0.25) is 0 Å². The number of benzene rings is 3. The van der Waals surface area contributed by atoms with Gasteiger partial charge in [-0.1, -0.05) is 42.5 Å². The zero-order valence-corrected chi connectivity index (χ0v) is 17.0. The lowest BCUT2D eigenvalue weighted by Gasteiger charge is -2.11. The summed E-state index contributed by atoms with van der Waals surface area (Å²) in [7, 11) is 0. The molecule has 3 rings (SSSR count). The smallest absolute Gasteiger partial charge is 0.262 e. The van der Waals surface area contributed by atoms with Crippen molar-refractivity contribution >= 4 is 11.6 Å². The maximum absolute atomic E-state index is 12.2. The van der Waals surface area contributed by atoms with E-state index < -0.39 is 0 Å². The predicted octanol–water partition coefficient (Wildman–Crippen LogP) is 5.33. The van der Waals surface area contributed by atoms with Gasteiger partial charge in [-0.15, -0.1) is 0 Å². The Labute approximate surface area is 172 Å². The summed E-state index contributed by atoms with van der Waals surface area (Å²) in [6, 6.07) is 23.6. The minimum absolute atomic E-state index is 0.0370. The van der Waals surface area contributed by atoms with E-state index in [0.717, 1.165) is 24.2 Å². The summed E-state index contributed by atoms with van der Waals surface area (Å²) >= 11 is 0. The molecule has 4 nitrogen and oxygen atoms in total. The van der Waals surface area contributed by atoms with Crippen LogP contribution in [0.4, 0.5) is 5.69 Å². The molecule has 0 aromatic heterocycles. The first-order valence-electron chi connectivity index (χ1n) is 9.87. The molecule has 0 atom stereocenters. The van der Waals surface area contributed by atoms with Crippen molar-refractivity contribution in [1.82, 2.24) is 0 Å². The molecule has 150 valence electrons. The van der Waals surface area contributed by atoms with Gasteiger partial charge in [-0.25, -0.2) is 0 Å².